The maximum Gasteiger partial charge on any atom is 0.104 e. The van der Waals surface area contributed by atoms with Crippen molar-refractivity contribution in [2.45, 2.75) is 45.2 Å². The molecule has 72 valence electrons. The quantitative estimate of drug-likeness (QED) is 0.697. The second-order valence-corrected chi connectivity index (χ2v) is 4.11. The zero-order valence-electron chi connectivity index (χ0n) is 7.93. The van der Waals surface area contributed by atoms with E-state index in [2.05, 4.69) is 6.92 Å². The van der Waals surface area contributed by atoms with Gasteiger partial charge in [-0.25, -0.2) is 4.39 Å². The van der Waals surface area contributed by atoms with Crippen LogP contribution in [0.2, 0.25) is 0 Å². The number of halogens is 1. The minimum atomic E-state index is -0.637. The lowest BCUT2D eigenvalue weighted by molar-refractivity contribution is 0.154. The first-order valence-electron chi connectivity index (χ1n) is 5.08. The van der Waals surface area contributed by atoms with Crippen molar-refractivity contribution in [3.8, 4) is 0 Å². The largest absolute Gasteiger partial charge is 0.330 e. The Morgan fingerprint density at radius 2 is 1.92 bits per heavy atom. The van der Waals surface area contributed by atoms with Crippen molar-refractivity contribution < 1.29 is 4.39 Å². The zero-order valence-corrected chi connectivity index (χ0v) is 7.93. The van der Waals surface area contributed by atoms with E-state index in [0.717, 1.165) is 18.8 Å². The normalized spacial score (nSPS) is 33.2. The summed E-state index contributed by atoms with van der Waals surface area (Å²) in [4.78, 5) is 0. The SMILES string of the molecule is CC1CCC(C(F)CCN)CC1. The Kier molecular flexibility index (Phi) is 3.99. The van der Waals surface area contributed by atoms with Gasteiger partial charge in [-0.2, -0.15) is 0 Å². The molecule has 2 heteroatoms. The van der Waals surface area contributed by atoms with Gasteiger partial charge in [-0.1, -0.05) is 19.8 Å². The Hall–Kier alpha value is -0.110. The third-order valence-corrected chi connectivity index (χ3v) is 3.01. The summed E-state index contributed by atoms with van der Waals surface area (Å²) in [6, 6.07) is 0. The Labute approximate surface area is 74.5 Å². The molecule has 1 aliphatic rings. The Morgan fingerprint density at radius 1 is 1.33 bits per heavy atom. The topological polar surface area (TPSA) is 26.0 Å². The molecule has 1 aliphatic carbocycles. The highest BCUT2D eigenvalue weighted by atomic mass is 19.1. The van der Waals surface area contributed by atoms with Crippen molar-refractivity contribution in [3.63, 3.8) is 0 Å². The lowest BCUT2D eigenvalue weighted by Gasteiger charge is -2.28. The van der Waals surface area contributed by atoms with Crippen LogP contribution in [0.25, 0.3) is 0 Å². The van der Waals surface area contributed by atoms with Crippen LogP contribution in [0, 0.1) is 11.8 Å². The van der Waals surface area contributed by atoms with Crippen LogP contribution in [0.3, 0.4) is 0 Å². The molecule has 0 aromatic rings. The van der Waals surface area contributed by atoms with Gasteiger partial charge in [0, 0.05) is 0 Å². The summed E-state index contributed by atoms with van der Waals surface area (Å²) in [5, 5.41) is 0. The van der Waals surface area contributed by atoms with E-state index in [1.54, 1.807) is 0 Å². The van der Waals surface area contributed by atoms with E-state index in [1.165, 1.54) is 12.8 Å². The van der Waals surface area contributed by atoms with Crippen molar-refractivity contribution in [1.29, 1.82) is 0 Å². The fourth-order valence-electron chi connectivity index (χ4n) is 2.04. The number of nitrogens with two attached hydrogens (primary N) is 1. The first-order chi connectivity index (χ1) is 5.74. The molecule has 2 N–H and O–H groups in total. The smallest absolute Gasteiger partial charge is 0.104 e. The molecule has 0 spiro atoms. The van der Waals surface area contributed by atoms with Gasteiger partial charge in [0.1, 0.15) is 6.17 Å². The third kappa shape index (κ3) is 2.74. The van der Waals surface area contributed by atoms with Crippen molar-refractivity contribution in [2.24, 2.45) is 17.6 Å². The number of alkyl halides is 1. The van der Waals surface area contributed by atoms with Crippen molar-refractivity contribution >= 4 is 0 Å². The van der Waals surface area contributed by atoms with Gasteiger partial charge >= 0.3 is 0 Å². The molecule has 0 aliphatic heterocycles. The van der Waals surface area contributed by atoms with Gasteiger partial charge in [0.2, 0.25) is 0 Å². The average Bonchev–Trinajstić information content (AvgIpc) is 2.06. The van der Waals surface area contributed by atoms with Crippen molar-refractivity contribution in [1.82, 2.24) is 0 Å². The highest BCUT2D eigenvalue weighted by Gasteiger charge is 2.24. The van der Waals surface area contributed by atoms with Gasteiger partial charge in [-0.15, -0.1) is 0 Å². The molecular weight excluding hydrogens is 153 g/mol. The van der Waals surface area contributed by atoms with Gasteiger partial charge in [0.25, 0.3) is 0 Å². The van der Waals surface area contributed by atoms with E-state index >= 15 is 0 Å². The Balaban J connectivity index is 2.24. The van der Waals surface area contributed by atoms with Crippen LogP contribution in [0.5, 0.6) is 0 Å². The minimum absolute atomic E-state index is 0.310. The number of rotatable bonds is 3. The molecule has 0 radical (unpaired) electrons. The molecule has 12 heavy (non-hydrogen) atoms. The molecule has 0 aromatic carbocycles. The molecule has 1 saturated carbocycles. The maximum absolute atomic E-state index is 13.3. The van der Waals surface area contributed by atoms with E-state index in [0.29, 0.717) is 18.9 Å². The van der Waals surface area contributed by atoms with Crippen LogP contribution in [0.15, 0.2) is 0 Å². The summed E-state index contributed by atoms with van der Waals surface area (Å²) in [5.41, 5.74) is 5.32. The van der Waals surface area contributed by atoms with Crippen LogP contribution in [0.4, 0.5) is 4.39 Å². The third-order valence-electron chi connectivity index (χ3n) is 3.01. The molecule has 0 heterocycles. The van der Waals surface area contributed by atoms with E-state index in [-0.39, 0.29) is 0 Å². The van der Waals surface area contributed by atoms with Crippen LogP contribution in [-0.2, 0) is 0 Å². The lowest BCUT2D eigenvalue weighted by Crippen LogP contribution is -2.24. The van der Waals surface area contributed by atoms with Gasteiger partial charge < -0.3 is 5.73 Å². The fourth-order valence-corrected chi connectivity index (χ4v) is 2.04. The molecular formula is C10H20FN. The van der Waals surface area contributed by atoms with Crippen LogP contribution in [0.1, 0.15) is 39.0 Å². The van der Waals surface area contributed by atoms with E-state index in [4.69, 9.17) is 5.73 Å². The Morgan fingerprint density at radius 3 is 2.42 bits per heavy atom. The van der Waals surface area contributed by atoms with Crippen LogP contribution < -0.4 is 5.73 Å². The van der Waals surface area contributed by atoms with Crippen molar-refractivity contribution in [2.75, 3.05) is 6.54 Å². The minimum Gasteiger partial charge on any atom is -0.330 e. The molecule has 1 unspecified atom stereocenters. The summed E-state index contributed by atoms with van der Waals surface area (Å²) in [6.45, 7) is 2.75. The standard InChI is InChI=1S/C10H20FN/c1-8-2-4-9(5-3-8)10(11)6-7-12/h8-10H,2-7,12H2,1H3. The molecule has 1 atom stereocenters. The maximum atomic E-state index is 13.3. The van der Waals surface area contributed by atoms with Crippen LogP contribution >= 0.6 is 0 Å². The molecule has 1 rings (SSSR count). The van der Waals surface area contributed by atoms with E-state index in [1.807, 2.05) is 0 Å². The predicted octanol–water partition coefficient (Wildman–Crippen LogP) is 2.50. The predicted molar refractivity (Wildman–Crippen MR) is 49.7 cm³/mol. The molecule has 1 nitrogen and oxygen atoms in total. The van der Waals surface area contributed by atoms with Crippen molar-refractivity contribution in [3.05, 3.63) is 0 Å². The number of hydrogen-bond donors (Lipinski definition) is 1. The fraction of sp³-hybridized carbons (Fsp3) is 1.00. The summed E-state index contributed by atoms with van der Waals surface area (Å²) < 4.78 is 13.3. The molecule has 0 bridgehead atoms. The summed E-state index contributed by atoms with van der Waals surface area (Å²) in [7, 11) is 0. The van der Waals surface area contributed by atoms with Gasteiger partial charge in [0.15, 0.2) is 0 Å². The first kappa shape index (κ1) is 9.97. The second kappa shape index (κ2) is 4.80. The number of hydrogen-bond acceptors (Lipinski definition) is 1. The van der Waals surface area contributed by atoms with Gasteiger partial charge in [0.05, 0.1) is 0 Å². The van der Waals surface area contributed by atoms with Gasteiger partial charge in [-0.3, -0.25) is 0 Å². The summed E-state index contributed by atoms with van der Waals surface area (Å²) >= 11 is 0. The molecule has 0 saturated heterocycles. The van der Waals surface area contributed by atoms with Gasteiger partial charge in [-0.05, 0) is 37.6 Å². The highest BCUT2D eigenvalue weighted by molar-refractivity contribution is 4.76. The highest BCUT2D eigenvalue weighted by Crippen LogP contribution is 2.32. The van der Waals surface area contributed by atoms with E-state index < -0.39 is 6.17 Å². The zero-order chi connectivity index (χ0) is 8.97. The average molecular weight is 173 g/mol. The second-order valence-electron chi connectivity index (χ2n) is 4.11. The monoisotopic (exact) mass is 173 g/mol. The summed E-state index contributed by atoms with van der Waals surface area (Å²) in [5.74, 6) is 1.12. The molecule has 0 amide bonds. The Bertz CT molecular complexity index is 119. The summed E-state index contributed by atoms with van der Waals surface area (Å²) in [6.07, 6.45) is 4.47. The molecule has 1 fully saturated rings. The van der Waals surface area contributed by atoms with E-state index in [9.17, 15) is 4.39 Å². The lowest BCUT2D eigenvalue weighted by atomic mass is 9.80. The first-order valence-corrected chi connectivity index (χ1v) is 5.08. The van der Waals surface area contributed by atoms with Crippen LogP contribution in [-0.4, -0.2) is 12.7 Å². The molecule has 0 aromatic heterocycles.